The van der Waals surface area contributed by atoms with Crippen LogP contribution >= 0.6 is 0 Å². The van der Waals surface area contributed by atoms with Crippen molar-refractivity contribution in [2.24, 2.45) is 0 Å². The van der Waals surface area contributed by atoms with E-state index < -0.39 is 5.60 Å². The molecule has 106 valence electrons. The first kappa shape index (κ1) is 15.3. The summed E-state index contributed by atoms with van der Waals surface area (Å²) in [6, 6.07) is 0.478. The lowest BCUT2D eigenvalue weighted by Crippen LogP contribution is -2.50. The van der Waals surface area contributed by atoms with Gasteiger partial charge in [-0.15, -0.1) is 0 Å². The molecule has 0 atom stereocenters. The lowest BCUT2D eigenvalue weighted by Gasteiger charge is -2.34. The maximum atomic E-state index is 11.8. The molecule has 1 fully saturated rings. The van der Waals surface area contributed by atoms with Crippen LogP contribution in [-0.2, 0) is 4.74 Å². The fourth-order valence-electron chi connectivity index (χ4n) is 2.38. The van der Waals surface area contributed by atoms with Crippen LogP contribution in [0.2, 0.25) is 0 Å². The van der Waals surface area contributed by atoms with Crippen molar-refractivity contribution < 1.29 is 9.53 Å². The Morgan fingerprint density at radius 2 is 1.89 bits per heavy atom. The first-order valence-corrected chi connectivity index (χ1v) is 7.18. The molecule has 1 aliphatic carbocycles. The second-order valence-electron chi connectivity index (χ2n) is 6.10. The Morgan fingerprint density at radius 3 is 2.39 bits per heavy atom. The van der Waals surface area contributed by atoms with E-state index in [4.69, 9.17) is 4.74 Å². The number of amides is 1. The van der Waals surface area contributed by atoms with Crippen molar-refractivity contribution >= 4 is 6.09 Å². The third-order valence-electron chi connectivity index (χ3n) is 3.11. The van der Waals surface area contributed by atoms with Gasteiger partial charge in [-0.1, -0.05) is 26.2 Å². The number of carbonyl (C=O) groups excluding carboxylic acids is 1. The van der Waals surface area contributed by atoms with Crippen LogP contribution < -0.4 is 5.43 Å². The molecule has 1 aliphatic rings. The highest BCUT2D eigenvalue weighted by Crippen LogP contribution is 2.21. The number of nitrogens with zero attached hydrogens (tertiary/aromatic N) is 1. The van der Waals surface area contributed by atoms with Crippen LogP contribution in [0.5, 0.6) is 0 Å². The van der Waals surface area contributed by atoms with E-state index in [0.717, 1.165) is 13.0 Å². The van der Waals surface area contributed by atoms with Crippen molar-refractivity contribution in [1.29, 1.82) is 0 Å². The molecule has 4 nitrogen and oxygen atoms in total. The van der Waals surface area contributed by atoms with Gasteiger partial charge in [0.15, 0.2) is 0 Å². The molecule has 0 aromatic heterocycles. The molecule has 0 radical (unpaired) electrons. The summed E-state index contributed by atoms with van der Waals surface area (Å²) in [5.74, 6) is 0. The SMILES string of the molecule is CCCN(NC(=O)OC(C)(C)C)C1CCCCC1. The molecule has 0 unspecified atom stereocenters. The monoisotopic (exact) mass is 256 g/mol. The molecule has 0 aromatic rings. The van der Waals surface area contributed by atoms with E-state index in [0.29, 0.717) is 6.04 Å². The number of hydrogen-bond acceptors (Lipinski definition) is 3. The number of nitrogens with one attached hydrogen (secondary N) is 1. The third-order valence-corrected chi connectivity index (χ3v) is 3.11. The topological polar surface area (TPSA) is 41.6 Å². The predicted molar refractivity (Wildman–Crippen MR) is 73.2 cm³/mol. The Bertz CT molecular complexity index is 255. The van der Waals surface area contributed by atoms with Crippen LogP contribution in [0, 0.1) is 0 Å². The van der Waals surface area contributed by atoms with Gasteiger partial charge in [0.1, 0.15) is 5.60 Å². The first-order chi connectivity index (χ1) is 8.42. The molecule has 0 heterocycles. The van der Waals surface area contributed by atoms with E-state index in [-0.39, 0.29) is 6.09 Å². The normalized spacial score (nSPS) is 17.8. The van der Waals surface area contributed by atoms with Gasteiger partial charge in [0.2, 0.25) is 0 Å². The molecule has 0 spiro atoms. The largest absolute Gasteiger partial charge is 0.443 e. The van der Waals surface area contributed by atoms with Crippen LogP contribution in [0.1, 0.15) is 66.2 Å². The molecule has 0 aromatic carbocycles. The second kappa shape index (κ2) is 6.98. The van der Waals surface area contributed by atoms with E-state index in [1.54, 1.807) is 0 Å². The van der Waals surface area contributed by atoms with E-state index in [9.17, 15) is 4.79 Å². The fraction of sp³-hybridized carbons (Fsp3) is 0.929. The Morgan fingerprint density at radius 1 is 1.28 bits per heavy atom. The Hall–Kier alpha value is -0.770. The fourth-order valence-corrected chi connectivity index (χ4v) is 2.38. The summed E-state index contributed by atoms with van der Waals surface area (Å²) in [6.07, 6.45) is 6.91. The quantitative estimate of drug-likeness (QED) is 0.783. The molecule has 1 rings (SSSR count). The lowest BCUT2D eigenvalue weighted by atomic mass is 9.95. The third kappa shape index (κ3) is 5.71. The van der Waals surface area contributed by atoms with Crippen molar-refractivity contribution in [3.8, 4) is 0 Å². The molecular weight excluding hydrogens is 228 g/mol. The summed E-state index contributed by atoms with van der Waals surface area (Å²) in [5, 5.41) is 2.08. The van der Waals surface area contributed by atoms with Crippen molar-refractivity contribution in [1.82, 2.24) is 10.4 Å². The smallest absolute Gasteiger partial charge is 0.422 e. The highest BCUT2D eigenvalue weighted by molar-refractivity contribution is 5.67. The van der Waals surface area contributed by atoms with Gasteiger partial charge in [0, 0.05) is 12.6 Å². The van der Waals surface area contributed by atoms with Gasteiger partial charge in [-0.3, -0.25) is 5.43 Å². The van der Waals surface area contributed by atoms with E-state index in [1.807, 2.05) is 20.8 Å². The summed E-state index contributed by atoms with van der Waals surface area (Å²) < 4.78 is 5.31. The van der Waals surface area contributed by atoms with Crippen molar-refractivity contribution in [3.05, 3.63) is 0 Å². The zero-order chi connectivity index (χ0) is 13.6. The highest BCUT2D eigenvalue weighted by atomic mass is 16.6. The van der Waals surface area contributed by atoms with Crippen LogP contribution in [0.25, 0.3) is 0 Å². The average Bonchev–Trinajstić information content (AvgIpc) is 2.27. The number of rotatable bonds is 4. The van der Waals surface area contributed by atoms with Gasteiger partial charge in [-0.2, -0.15) is 0 Å². The van der Waals surface area contributed by atoms with Crippen molar-refractivity contribution in [2.45, 2.75) is 77.9 Å². The molecule has 4 heteroatoms. The Balaban J connectivity index is 2.48. The molecule has 0 bridgehead atoms. The second-order valence-corrected chi connectivity index (χ2v) is 6.10. The zero-order valence-corrected chi connectivity index (χ0v) is 12.3. The lowest BCUT2D eigenvalue weighted by molar-refractivity contribution is 0.0196. The van der Waals surface area contributed by atoms with Crippen LogP contribution in [0.3, 0.4) is 0 Å². The molecule has 18 heavy (non-hydrogen) atoms. The standard InChI is InChI=1S/C14H28N2O2/c1-5-11-16(12-9-7-6-8-10-12)15-13(17)18-14(2,3)4/h12H,5-11H2,1-4H3,(H,15,17). The van der Waals surface area contributed by atoms with Crippen molar-refractivity contribution in [2.75, 3.05) is 6.54 Å². The molecule has 0 aliphatic heterocycles. The average molecular weight is 256 g/mol. The maximum Gasteiger partial charge on any atom is 0.422 e. The van der Waals surface area contributed by atoms with Gasteiger partial charge in [0.05, 0.1) is 0 Å². The van der Waals surface area contributed by atoms with Crippen LogP contribution in [0.4, 0.5) is 4.79 Å². The molecule has 1 N–H and O–H groups in total. The van der Waals surface area contributed by atoms with E-state index in [1.165, 1.54) is 32.1 Å². The highest BCUT2D eigenvalue weighted by Gasteiger charge is 2.24. The maximum absolute atomic E-state index is 11.8. The summed E-state index contributed by atoms with van der Waals surface area (Å²) in [4.78, 5) is 11.8. The van der Waals surface area contributed by atoms with E-state index in [2.05, 4.69) is 17.4 Å². The minimum atomic E-state index is -0.436. The van der Waals surface area contributed by atoms with Gasteiger partial charge in [0.25, 0.3) is 0 Å². The number of carbonyl (C=O) groups is 1. The first-order valence-electron chi connectivity index (χ1n) is 7.18. The molecule has 1 saturated carbocycles. The number of hydrazine groups is 1. The van der Waals surface area contributed by atoms with Gasteiger partial charge in [-0.25, -0.2) is 9.80 Å². The van der Waals surface area contributed by atoms with Gasteiger partial charge >= 0.3 is 6.09 Å². The van der Waals surface area contributed by atoms with Crippen LogP contribution in [0.15, 0.2) is 0 Å². The predicted octanol–water partition coefficient (Wildman–Crippen LogP) is 3.47. The molecular formula is C14H28N2O2. The zero-order valence-electron chi connectivity index (χ0n) is 12.3. The summed E-state index contributed by atoms with van der Waals surface area (Å²) in [6.45, 7) is 8.68. The number of hydrogen-bond donors (Lipinski definition) is 1. The summed E-state index contributed by atoms with van der Waals surface area (Å²) in [7, 11) is 0. The molecule has 1 amide bonds. The minimum Gasteiger partial charge on any atom is -0.443 e. The van der Waals surface area contributed by atoms with Crippen LogP contribution in [-0.4, -0.2) is 29.3 Å². The Labute approximate surface area is 111 Å². The van der Waals surface area contributed by atoms with E-state index >= 15 is 0 Å². The summed E-state index contributed by atoms with van der Waals surface area (Å²) >= 11 is 0. The minimum absolute atomic E-state index is 0.332. The van der Waals surface area contributed by atoms with Gasteiger partial charge in [-0.05, 0) is 40.0 Å². The Kier molecular flexibility index (Phi) is 5.93. The number of ether oxygens (including phenoxy) is 1. The summed E-state index contributed by atoms with van der Waals surface area (Å²) in [5.41, 5.74) is 2.48. The van der Waals surface area contributed by atoms with Crippen molar-refractivity contribution in [3.63, 3.8) is 0 Å². The van der Waals surface area contributed by atoms with Gasteiger partial charge < -0.3 is 4.74 Å². The molecule has 0 saturated heterocycles.